The average molecular weight is 437 g/mol. The van der Waals surface area contributed by atoms with Crippen LogP contribution in [-0.2, 0) is 9.59 Å². The van der Waals surface area contributed by atoms with Crippen LogP contribution in [0.15, 0.2) is 47.8 Å². The number of anilines is 2. The molecule has 4 atom stereocenters. The zero-order valence-corrected chi connectivity index (χ0v) is 20.6. The highest BCUT2D eigenvalue weighted by Gasteiger charge is 2.33. The van der Waals surface area contributed by atoms with Crippen molar-refractivity contribution in [3.8, 4) is 0 Å². The molecular weight excluding hydrogens is 396 g/mol. The zero-order chi connectivity index (χ0) is 23.4. The standard InChI is InChI=1S/C28H40N2O2/c1-17(2)21-13-11-19(5)23(27(21)31)15-29-25-9-7-8-10-26(25)30-16-24-20(6)12-14-22(18(3)4)28(24)32/h7-10,15-22,29-30H,11-14H2,1-6H3/b23-15-,24-16-. The lowest BCUT2D eigenvalue weighted by molar-refractivity contribution is -0.123. The summed E-state index contributed by atoms with van der Waals surface area (Å²) in [5.41, 5.74) is 3.58. The first-order valence-corrected chi connectivity index (χ1v) is 12.3. The van der Waals surface area contributed by atoms with Crippen molar-refractivity contribution in [2.75, 3.05) is 10.6 Å². The molecule has 0 aliphatic heterocycles. The monoisotopic (exact) mass is 436 g/mol. The van der Waals surface area contributed by atoms with E-state index in [1.54, 1.807) is 0 Å². The summed E-state index contributed by atoms with van der Waals surface area (Å²) in [6, 6.07) is 7.95. The van der Waals surface area contributed by atoms with E-state index in [4.69, 9.17) is 0 Å². The summed E-state index contributed by atoms with van der Waals surface area (Å²) in [5.74, 6) is 2.05. The lowest BCUT2D eigenvalue weighted by atomic mass is 9.74. The molecule has 0 radical (unpaired) electrons. The molecule has 0 heterocycles. The van der Waals surface area contributed by atoms with Gasteiger partial charge in [0.1, 0.15) is 0 Å². The third-order valence-corrected chi connectivity index (χ3v) is 7.43. The molecule has 1 aromatic carbocycles. The van der Waals surface area contributed by atoms with Crippen LogP contribution in [0, 0.1) is 35.5 Å². The van der Waals surface area contributed by atoms with Crippen LogP contribution in [0.2, 0.25) is 0 Å². The van der Waals surface area contributed by atoms with Crippen molar-refractivity contribution >= 4 is 22.9 Å². The van der Waals surface area contributed by atoms with Gasteiger partial charge in [-0.05, 0) is 61.5 Å². The van der Waals surface area contributed by atoms with Crippen LogP contribution in [0.25, 0.3) is 0 Å². The number of Topliss-reactive ketones (excluding diaryl/α,β-unsaturated/α-hetero) is 2. The third-order valence-electron chi connectivity index (χ3n) is 7.43. The normalized spacial score (nSPS) is 29.2. The van der Waals surface area contributed by atoms with Gasteiger partial charge in [-0.25, -0.2) is 0 Å². The molecule has 4 nitrogen and oxygen atoms in total. The summed E-state index contributed by atoms with van der Waals surface area (Å²) in [6.07, 6.45) is 7.85. The Morgan fingerprint density at radius 2 is 1.09 bits per heavy atom. The Bertz CT molecular complexity index is 823. The molecule has 4 unspecified atom stereocenters. The molecule has 0 bridgehead atoms. The minimum Gasteiger partial charge on any atom is -0.360 e. The number of hydrogen-bond donors (Lipinski definition) is 2. The van der Waals surface area contributed by atoms with E-state index < -0.39 is 0 Å². The second-order valence-corrected chi connectivity index (χ2v) is 10.4. The van der Waals surface area contributed by atoms with E-state index in [2.05, 4.69) is 52.2 Å². The number of allylic oxidation sites excluding steroid dienone is 2. The summed E-state index contributed by atoms with van der Waals surface area (Å²) in [7, 11) is 0. The summed E-state index contributed by atoms with van der Waals surface area (Å²) >= 11 is 0. The molecule has 0 aromatic heterocycles. The molecular formula is C28H40N2O2. The van der Waals surface area contributed by atoms with Crippen molar-refractivity contribution in [3.63, 3.8) is 0 Å². The summed E-state index contributed by atoms with van der Waals surface area (Å²) in [6.45, 7) is 12.8. The first kappa shape index (κ1) is 24.3. The van der Waals surface area contributed by atoms with Gasteiger partial charge in [0.15, 0.2) is 11.6 Å². The smallest absolute Gasteiger partial charge is 0.163 e. The Hall–Kier alpha value is -2.36. The van der Waals surface area contributed by atoms with Gasteiger partial charge in [0, 0.05) is 35.4 Å². The van der Waals surface area contributed by atoms with Crippen molar-refractivity contribution < 1.29 is 9.59 Å². The fourth-order valence-corrected chi connectivity index (χ4v) is 5.09. The van der Waals surface area contributed by atoms with Crippen LogP contribution >= 0.6 is 0 Å². The number of rotatable bonds is 6. The lowest BCUT2D eigenvalue weighted by Gasteiger charge is -2.30. The van der Waals surface area contributed by atoms with Gasteiger partial charge in [0.25, 0.3) is 0 Å². The average Bonchev–Trinajstić information content (AvgIpc) is 2.73. The first-order chi connectivity index (χ1) is 15.2. The molecule has 2 aliphatic carbocycles. The predicted octanol–water partition coefficient (Wildman–Crippen LogP) is 6.82. The topological polar surface area (TPSA) is 58.2 Å². The number of benzene rings is 1. The van der Waals surface area contributed by atoms with Crippen molar-refractivity contribution in [2.45, 2.75) is 67.2 Å². The summed E-state index contributed by atoms with van der Waals surface area (Å²) in [5, 5.41) is 6.76. The van der Waals surface area contributed by atoms with E-state index in [1.807, 2.05) is 36.7 Å². The van der Waals surface area contributed by atoms with E-state index in [1.165, 1.54) is 0 Å². The van der Waals surface area contributed by atoms with Crippen LogP contribution in [0.3, 0.4) is 0 Å². The van der Waals surface area contributed by atoms with Crippen LogP contribution in [0.5, 0.6) is 0 Å². The Kier molecular flexibility index (Phi) is 7.97. The third kappa shape index (κ3) is 5.33. The van der Waals surface area contributed by atoms with Gasteiger partial charge in [-0.15, -0.1) is 0 Å². The highest BCUT2D eigenvalue weighted by molar-refractivity contribution is 5.99. The fourth-order valence-electron chi connectivity index (χ4n) is 5.09. The lowest BCUT2D eigenvalue weighted by Crippen LogP contribution is -2.30. The minimum atomic E-state index is 0.116. The van der Waals surface area contributed by atoms with Crippen molar-refractivity contribution in [1.82, 2.24) is 0 Å². The van der Waals surface area contributed by atoms with E-state index in [0.29, 0.717) is 11.8 Å². The number of carbonyl (C=O) groups excluding carboxylic acids is 2. The Morgan fingerprint density at radius 3 is 1.44 bits per heavy atom. The van der Waals surface area contributed by atoms with Gasteiger partial charge in [-0.3, -0.25) is 9.59 Å². The SMILES string of the molecule is CC1CCC(C(C)C)C(=O)/C1=C\Nc1ccccc1N/C=C1\C(=O)C(C(C)C)CCC1C. The quantitative estimate of drug-likeness (QED) is 0.480. The molecule has 3 rings (SSSR count). The van der Waals surface area contributed by atoms with E-state index in [9.17, 15) is 9.59 Å². The number of hydrogen-bond acceptors (Lipinski definition) is 4. The highest BCUT2D eigenvalue weighted by Crippen LogP contribution is 2.36. The van der Waals surface area contributed by atoms with Crippen LogP contribution < -0.4 is 10.6 Å². The number of nitrogens with one attached hydrogen (secondary N) is 2. The number of carbonyl (C=O) groups is 2. The highest BCUT2D eigenvalue weighted by atomic mass is 16.1. The van der Waals surface area contributed by atoms with E-state index >= 15 is 0 Å². The van der Waals surface area contributed by atoms with Crippen LogP contribution in [0.1, 0.15) is 67.2 Å². The summed E-state index contributed by atoms with van der Waals surface area (Å²) < 4.78 is 0. The Morgan fingerprint density at radius 1 is 0.719 bits per heavy atom. The maximum atomic E-state index is 13.0. The maximum absolute atomic E-state index is 13.0. The van der Waals surface area contributed by atoms with Crippen molar-refractivity contribution in [2.24, 2.45) is 35.5 Å². The largest absolute Gasteiger partial charge is 0.360 e. The molecule has 1 aromatic rings. The first-order valence-electron chi connectivity index (χ1n) is 12.3. The predicted molar refractivity (Wildman–Crippen MR) is 133 cm³/mol. The second kappa shape index (κ2) is 10.5. The molecule has 0 amide bonds. The fraction of sp³-hybridized carbons (Fsp3) is 0.571. The molecule has 174 valence electrons. The van der Waals surface area contributed by atoms with Gasteiger partial charge in [0.05, 0.1) is 11.4 Å². The molecule has 4 heteroatoms. The molecule has 2 saturated carbocycles. The van der Waals surface area contributed by atoms with Gasteiger partial charge < -0.3 is 10.6 Å². The van der Waals surface area contributed by atoms with E-state index in [0.717, 1.165) is 48.2 Å². The Balaban J connectivity index is 1.79. The van der Waals surface area contributed by atoms with E-state index in [-0.39, 0.29) is 35.2 Å². The molecule has 32 heavy (non-hydrogen) atoms. The second-order valence-electron chi connectivity index (χ2n) is 10.4. The molecule has 0 saturated heterocycles. The number of para-hydroxylation sites is 2. The molecule has 2 aliphatic rings. The molecule has 0 spiro atoms. The van der Waals surface area contributed by atoms with Crippen LogP contribution in [-0.4, -0.2) is 11.6 Å². The Labute approximate surface area is 193 Å². The van der Waals surface area contributed by atoms with Gasteiger partial charge in [-0.2, -0.15) is 0 Å². The van der Waals surface area contributed by atoms with Crippen molar-refractivity contribution in [1.29, 1.82) is 0 Å². The van der Waals surface area contributed by atoms with Gasteiger partial charge >= 0.3 is 0 Å². The minimum absolute atomic E-state index is 0.116. The molecule has 2 fully saturated rings. The number of ketones is 2. The summed E-state index contributed by atoms with van der Waals surface area (Å²) in [4.78, 5) is 26.0. The molecule has 2 N–H and O–H groups in total. The maximum Gasteiger partial charge on any atom is 0.163 e. The van der Waals surface area contributed by atoms with Crippen molar-refractivity contribution in [3.05, 3.63) is 47.8 Å². The van der Waals surface area contributed by atoms with Gasteiger partial charge in [-0.1, -0.05) is 53.7 Å². The zero-order valence-electron chi connectivity index (χ0n) is 20.6. The van der Waals surface area contributed by atoms with Gasteiger partial charge in [0.2, 0.25) is 0 Å². The van der Waals surface area contributed by atoms with Crippen LogP contribution in [0.4, 0.5) is 11.4 Å².